The van der Waals surface area contributed by atoms with Gasteiger partial charge >= 0.3 is 5.97 Å². The van der Waals surface area contributed by atoms with E-state index in [9.17, 15) is 22.8 Å². The molecule has 1 unspecified atom stereocenters. The summed E-state index contributed by atoms with van der Waals surface area (Å²) in [6.45, 7) is 1.75. The lowest BCUT2D eigenvalue weighted by molar-refractivity contribution is -0.137. The minimum atomic E-state index is -1.79. The van der Waals surface area contributed by atoms with Gasteiger partial charge in [0.2, 0.25) is 5.82 Å². The summed E-state index contributed by atoms with van der Waals surface area (Å²) >= 11 is 0. The topological polar surface area (TPSA) is 86.6 Å². The predicted molar refractivity (Wildman–Crippen MR) is 66.4 cm³/mol. The fraction of sp³-hybridized carbons (Fsp3) is 0.385. The standard InChI is InChI=1S/C13H14F3NO4/c1-2-3-6(4-9(18)19)17-13(21)7-5-8(14)11(16)12(20)10(7)15/h5-6,20H,2-4H2,1H3,(H,17,21)(H,18,19). The number of nitrogens with one attached hydrogen (secondary N) is 1. The molecule has 5 nitrogen and oxygen atoms in total. The van der Waals surface area contributed by atoms with E-state index < -0.39 is 53.1 Å². The summed E-state index contributed by atoms with van der Waals surface area (Å²) in [4.78, 5) is 22.5. The van der Waals surface area contributed by atoms with Gasteiger partial charge in [0.05, 0.1) is 12.0 Å². The van der Waals surface area contributed by atoms with Crippen LogP contribution in [0.4, 0.5) is 13.2 Å². The molecule has 0 heterocycles. The molecule has 3 N–H and O–H groups in total. The maximum atomic E-state index is 13.6. The van der Waals surface area contributed by atoms with Gasteiger partial charge in [0.1, 0.15) is 0 Å². The van der Waals surface area contributed by atoms with E-state index in [0.717, 1.165) is 0 Å². The summed E-state index contributed by atoms with van der Waals surface area (Å²) in [6, 6.07) is -0.474. The number of hydrogen-bond acceptors (Lipinski definition) is 3. The first kappa shape index (κ1) is 16.8. The minimum Gasteiger partial charge on any atom is -0.503 e. The molecule has 1 amide bonds. The fourth-order valence-corrected chi connectivity index (χ4v) is 1.80. The van der Waals surface area contributed by atoms with Crippen LogP contribution in [0.2, 0.25) is 0 Å². The normalized spacial score (nSPS) is 12.0. The second-order valence-electron chi connectivity index (χ2n) is 4.44. The van der Waals surface area contributed by atoms with E-state index in [1.807, 2.05) is 0 Å². The number of carboxylic acid groups (broad SMARTS) is 1. The van der Waals surface area contributed by atoms with Crippen molar-refractivity contribution in [3.8, 4) is 5.75 Å². The second-order valence-corrected chi connectivity index (χ2v) is 4.44. The third-order valence-corrected chi connectivity index (χ3v) is 2.77. The summed E-state index contributed by atoms with van der Waals surface area (Å²) in [7, 11) is 0. The lowest BCUT2D eigenvalue weighted by atomic mass is 10.1. The first-order valence-electron chi connectivity index (χ1n) is 6.17. The summed E-state index contributed by atoms with van der Waals surface area (Å²) in [5, 5.41) is 20.0. The zero-order valence-corrected chi connectivity index (χ0v) is 11.1. The summed E-state index contributed by atoms with van der Waals surface area (Å²) in [5.74, 6) is -8.85. The maximum absolute atomic E-state index is 13.6. The van der Waals surface area contributed by atoms with Crippen molar-refractivity contribution in [1.82, 2.24) is 5.32 Å². The van der Waals surface area contributed by atoms with Crippen molar-refractivity contribution in [2.24, 2.45) is 0 Å². The van der Waals surface area contributed by atoms with Crippen molar-refractivity contribution in [3.63, 3.8) is 0 Å². The first-order chi connectivity index (χ1) is 9.77. The number of carboxylic acids is 1. The molecule has 0 saturated carbocycles. The van der Waals surface area contributed by atoms with E-state index in [1.165, 1.54) is 0 Å². The van der Waals surface area contributed by atoms with Crippen molar-refractivity contribution in [2.75, 3.05) is 0 Å². The molecule has 0 aliphatic rings. The fourth-order valence-electron chi connectivity index (χ4n) is 1.80. The number of carbonyl (C=O) groups excluding carboxylic acids is 1. The van der Waals surface area contributed by atoms with Gasteiger partial charge in [0.15, 0.2) is 17.4 Å². The van der Waals surface area contributed by atoms with Crippen molar-refractivity contribution < 1.29 is 33.0 Å². The van der Waals surface area contributed by atoms with Crippen LogP contribution in [0.3, 0.4) is 0 Å². The molecule has 1 rings (SSSR count). The SMILES string of the molecule is CCCC(CC(=O)O)NC(=O)c1cc(F)c(F)c(O)c1F. The lowest BCUT2D eigenvalue weighted by Crippen LogP contribution is -2.37. The summed E-state index contributed by atoms with van der Waals surface area (Å²) in [6.07, 6.45) is 0.482. The first-order valence-corrected chi connectivity index (χ1v) is 6.17. The van der Waals surface area contributed by atoms with Crippen LogP contribution in [-0.4, -0.2) is 28.1 Å². The molecule has 0 aliphatic carbocycles. The molecule has 8 heteroatoms. The van der Waals surface area contributed by atoms with Crippen molar-refractivity contribution in [1.29, 1.82) is 0 Å². The Bertz CT molecular complexity index is 563. The highest BCUT2D eigenvalue weighted by molar-refractivity contribution is 5.95. The van der Waals surface area contributed by atoms with E-state index in [-0.39, 0.29) is 0 Å². The number of phenols is 1. The number of halogens is 3. The van der Waals surface area contributed by atoms with Crippen molar-refractivity contribution in [2.45, 2.75) is 32.2 Å². The van der Waals surface area contributed by atoms with Crippen LogP contribution >= 0.6 is 0 Å². The zero-order valence-electron chi connectivity index (χ0n) is 11.1. The molecule has 0 spiro atoms. The van der Waals surface area contributed by atoms with E-state index >= 15 is 0 Å². The Morgan fingerprint density at radius 3 is 2.43 bits per heavy atom. The molecule has 0 radical (unpaired) electrons. The lowest BCUT2D eigenvalue weighted by Gasteiger charge is -2.16. The van der Waals surface area contributed by atoms with E-state index in [4.69, 9.17) is 10.2 Å². The molecule has 1 atom stereocenters. The Hall–Kier alpha value is -2.25. The Labute approximate surface area is 118 Å². The van der Waals surface area contributed by atoms with Gasteiger partial charge in [-0.2, -0.15) is 4.39 Å². The molecule has 116 valence electrons. The largest absolute Gasteiger partial charge is 0.503 e. The molecular weight excluding hydrogens is 291 g/mol. The van der Waals surface area contributed by atoms with Gasteiger partial charge in [-0.25, -0.2) is 8.78 Å². The number of aliphatic carboxylic acids is 1. The van der Waals surface area contributed by atoms with Gasteiger partial charge in [-0.05, 0) is 12.5 Å². The third-order valence-electron chi connectivity index (χ3n) is 2.77. The molecule has 0 fully saturated rings. The smallest absolute Gasteiger partial charge is 0.305 e. The highest BCUT2D eigenvalue weighted by Gasteiger charge is 2.24. The van der Waals surface area contributed by atoms with E-state index in [0.29, 0.717) is 18.9 Å². The highest BCUT2D eigenvalue weighted by atomic mass is 19.2. The molecule has 21 heavy (non-hydrogen) atoms. The van der Waals surface area contributed by atoms with Gasteiger partial charge in [0.25, 0.3) is 5.91 Å². The molecule has 0 aliphatic heterocycles. The number of phenolic OH excluding ortho intramolecular Hbond substituents is 1. The van der Waals surface area contributed by atoms with Crippen LogP contribution in [0.5, 0.6) is 5.75 Å². The van der Waals surface area contributed by atoms with Crippen LogP contribution in [0.1, 0.15) is 36.5 Å². The van der Waals surface area contributed by atoms with E-state index in [2.05, 4.69) is 5.32 Å². The zero-order chi connectivity index (χ0) is 16.2. The second kappa shape index (κ2) is 6.96. The molecule has 0 bridgehead atoms. The number of benzene rings is 1. The number of aromatic hydroxyl groups is 1. The Morgan fingerprint density at radius 1 is 1.29 bits per heavy atom. The average Bonchev–Trinajstić information content (AvgIpc) is 2.40. The monoisotopic (exact) mass is 305 g/mol. The highest BCUT2D eigenvalue weighted by Crippen LogP contribution is 2.25. The number of carbonyl (C=O) groups is 2. The van der Waals surface area contributed by atoms with Crippen LogP contribution in [-0.2, 0) is 4.79 Å². The minimum absolute atomic E-state index is 0.309. The Morgan fingerprint density at radius 2 is 1.90 bits per heavy atom. The van der Waals surface area contributed by atoms with Crippen LogP contribution in [0.25, 0.3) is 0 Å². The van der Waals surface area contributed by atoms with Gasteiger partial charge in [-0.15, -0.1) is 0 Å². The number of rotatable bonds is 6. The summed E-state index contributed by atoms with van der Waals surface area (Å²) in [5.41, 5.74) is -0.891. The predicted octanol–water partition coefficient (Wildman–Crippen LogP) is 2.18. The molecule has 1 aromatic carbocycles. The van der Waals surface area contributed by atoms with Crippen LogP contribution < -0.4 is 5.32 Å². The number of hydrogen-bond donors (Lipinski definition) is 3. The number of amides is 1. The molecule has 0 aromatic heterocycles. The van der Waals surface area contributed by atoms with Gasteiger partial charge in [-0.1, -0.05) is 13.3 Å². The maximum Gasteiger partial charge on any atom is 0.305 e. The quantitative estimate of drug-likeness (QED) is 0.703. The van der Waals surface area contributed by atoms with Crippen molar-refractivity contribution in [3.05, 3.63) is 29.1 Å². The Kier molecular flexibility index (Phi) is 5.57. The van der Waals surface area contributed by atoms with Gasteiger partial charge in [0, 0.05) is 6.04 Å². The Balaban J connectivity index is 3.00. The van der Waals surface area contributed by atoms with Gasteiger partial charge in [-0.3, -0.25) is 9.59 Å². The third kappa shape index (κ3) is 4.11. The van der Waals surface area contributed by atoms with Crippen LogP contribution in [0.15, 0.2) is 6.07 Å². The summed E-state index contributed by atoms with van der Waals surface area (Å²) < 4.78 is 39.6. The van der Waals surface area contributed by atoms with Crippen LogP contribution in [0, 0.1) is 17.5 Å². The van der Waals surface area contributed by atoms with E-state index in [1.54, 1.807) is 6.92 Å². The average molecular weight is 305 g/mol. The van der Waals surface area contributed by atoms with Gasteiger partial charge < -0.3 is 15.5 Å². The molecular formula is C13H14F3NO4. The van der Waals surface area contributed by atoms with Crippen molar-refractivity contribution >= 4 is 11.9 Å². The molecule has 0 saturated heterocycles. The molecule has 1 aromatic rings.